The summed E-state index contributed by atoms with van der Waals surface area (Å²) in [6.07, 6.45) is 0. The fourth-order valence-electron chi connectivity index (χ4n) is 2.24. The van der Waals surface area contributed by atoms with Crippen molar-refractivity contribution in [2.24, 2.45) is 4.99 Å². The van der Waals surface area contributed by atoms with Gasteiger partial charge in [0, 0.05) is 11.6 Å². The summed E-state index contributed by atoms with van der Waals surface area (Å²) in [5, 5.41) is 10.8. The van der Waals surface area contributed by atoms with Gasteiger partial charge >= 0.3 is 0 Å². The Hall–Kier alpha value is -3.33. The Morgan fingerprint density at radius 3 is 2.85 bits per heavy atom. The van der Waals surface area contributed by atoms with Crippen LogP contribution in [0.15, 0.2) is 41.6 Å². The van der Waals surface area contributed by atoms with Crippen LogP contribution in [0.4, 0.5) is 5.82 Å². The van der Waals surface area contributed by atoms with E-state index in [0.717, 1.165) is 0 Å². The number of rotatable bonds is 6. The Kier molecular flexibility index (Phi) is 5.41. The maximum Gasteiger partial charge on any atom is 0.224 e. The van der Waals surface area contributed by atoms with Crippen LogP contribution in [0.5, 0.6) is 11.5 Å². The van der Waals surface area contributed by atoms with Crippen LogP contribution < -0.4 is 15.2 Å². The first-order valence-electron chi connectivity index (χ1n) is 7.79. The molecule has 3 aromatic rings. The van der Waals surface area contributed by atoms with Gasteiger partial charge in [-0.2, -0.15) is 10.3 Å². The summed E-state index contributed by atoms with van der Waals surface area (Å²) in [5.74, 6) is 1.93. The molecule has 9 nitrogen and oxygen atoms in total. The van der Waals surface area contributed by atoms with Crippen LogP contribution in [0.3, 0.4) is 0 Å². The number of pyridine rings is 1. The largest absolute Gasteiger partial charge is 0.495 e. The number of hydrogen-bond donors (Lipinski definition) is 2. The first-order valence-corrected chi connectivity index (χ1v) is 8.17. The Labute approximate surface area is 159 Å². The minimum Gasteiger partial charge on any atom is -0.495 e. The van der Waals surface area contributed by atoms with Gasteiger partial charge in [0.1, 0.15) is 11.6 Å². The van der Waals surface area contributed by atoms with Gasteiger partial charge in [-0.3, -0.25) is 0 Å². The number of fused-ring (bicyclic) bond motifs is 1. The predicted octanol–water partition coefficient (Wildman–Crippen LogP) is 2.93. The van der Waals surface area contributed by atoms with Crippen LogP contribution in [-0.2, 0) is 4.74 Å². The van der Waals surface area contributed by atoms with E-state index in [0.29, 0.717) is 44.9 Å². The van der Waals surface area contributed by atoms with Crippen LogP contribution in [0.1, 0.15) is 12.5 Å². The number of nitrogens with two attached hydrogens (primary N) is 1. The molecule has 2 aromatic heterocycles. The number of benzene rings is 1. The highest BCUT2D eigenvalue weighted by Crippen LogP contribution is 2.26. The number of methoxy groups -OCH3 is 1. The van der Waals surface area contributed by atoms with Crippen LogP contribution in [0.2, 0.25) is 5.02 Å². The molecule has 0 saturated heterocycles. The second kappa shape index (κ2) is 7.92. The molecule has 0 saturated carbocycles. The van der Waals surface area contributed by atoms with Crippen molar-refractivity contribution in [2.45, 2.75) is 6.92 Å². The Morgan fingerprint density at radius 1 is 1.30 bits per heavy atom. The number of anilines is 1. The predicted molar refractivity (Wildman–Crippen MR) is 102 cm³/mol. The molecule has 27 heavy (non-hydrogen) atoms. The van der Waals surface area contributed by atoms with Crippen LogP contribution in [0, 0.1) is 0 Å². The summed E-state index contributed by atoms with van der Waals surface area (Å²) < 4.78 is 16.5. The lowest BCUT2D eigenvalue weighted by Gasteiger charge is -2.11. The van der Waals surface area contributed by atoms with Gasteiger partial charge in [-0.25, -0.2) is 9.98 Å². The van der Waals surface area contributed by atoms with E-state index in [1.165, 1.54) is 7.11 Å². The second-order valence-corrected chi connectivity index (χ2v) is 5.84. The molecule has 3 N–H and O–H groups in total. The number of aromatic amines is 1. The normalized spacial score (nSPS) is 11.4. The van der Waals surface area contributed by atoms with Crippen molar-refractivity contribution >= 4 is 34.5 Å². The number of hydrogen-bond acceptors (Lipinski definition) is 8. The smallest absolute Gasteiger partial charge is 0.224 e. The molecule has 10 heteroatoms. The highest BCUT2D eigenvalue weighted by atomic mass is 35.5. The topological polar surface area (TPSA) is 121 Å². The van der Waals surface area contributed by atoms with Crippen LogP contribution >= 0.6 is 11.6 Å². The maximum absolute atomic E-state index is 6.07. The van der Waals surface area contributed by atoms with Crippen LogP contribution in [-0.4, -0.2) is 40.1 Å². The van der Waals surface area contributed by atoms with Gasteiger partial charge in [-0.15, -0.1) is 5.10 Å². The number of ether oxygens (including phenoxy) is 3. The monoisotopic (exact) mass is 388 g/mol. The van der Waals surface area contributed by atoms with E-state index < -0.39 is 0 Å². The fourth-order valence-corrected chi connectivity index (χ4v) is 2.43. The van der Waals surface area contributed by atoms with Gasteiger partial charge in [-0.05, 0) is 25.1 Å². The molecule has 1 aromatic carbocycles. The van der Waals surface area contributed by atoms with Crippen molar-refractivity contribution in [1.82, 2.24) is 20.4 Å². The summed E-state index contributed by atoms with van der Waals surface area (Å²) >= 11 is 6.07. The fraction of sp³-hybridized carbons (Fsp3) is 0.176. The minimum absolute atomic E-state index is 0.0566. The Bertz CT molecular complexity index is 1020. The lowest BCUT2D eigenvalue weighted by atomic mass is 10.2. The molecule has 0 aliphatic rings. The van der Waals surface area contributed by atoms with E-state index in [1.807, 2.05) is 0 Å². The maximum atomic E-state index is 6.07. The van der Waals surface area contributed by atoms with E-state index in [1.54, 1.807) is 31.2 Å². The lowest BCUT2D eigenvalue weighted by molar-refractivity contribution is 0.325. The Morgan fingerprint density at radius 2 is 2.11 bits per heavy atom. The van der Waals surface area contributed by atoms with Gasteiger partial charge in [0.15, 0.2) is 18.0 Å². The standard InChI is InChI=1S/C17H17ClN6O3/c1-9(2)27-17(10-4-5-11(18)12(6-10)25-3)20-8-26-13-7-14(19)21-16-15(13)22-24-23-16/h4-7H,1,8H2,2-3H3,(H3,19,21,22,23,24). The SMILES string of the molecule is C=C(C)OC(=NCOc1cc(N)nc2n[nH]nc12)c1ccc(Cl)c(OC)c1. The molecule has 0 aliphatic carbocycles. The average Bonchev–Trinajstić information content (AvgIpc) is 3.09. The highest BCUT2D eigenvalue weighted by molar-refractivity contribution is 6.32. The quantitative estimate of drug-likeness (QED) is 0.378. The molecule has 0 unspecified atom stereocenters. The zero-order valence-electron chi connectivity index (χ0n) is 14.7. The average molecular weight is 389 g/mol. The van der Waals surface area contributed by atoms with Crippen molar-refractivity contribution in [2.75, 3.05) is 19.6 Å². The third-order valence-corrected chi connectivity index (χ3v) is 3.69. The molecule has 0 atom stereocenters. The number of aromatic nitrogens is 4. The second-order valence-electron chi connectivity index (χ2n) is 5.43. The molecule has 0 bridgehead atoms. The first-order chi connectivity index (χ1) is 13.0. The molecule has 0 radical (unpaired) electrons. The number of nitrogens with one attached hydrogen (secondary N) is 1. The number of aliphatic imine (C=N–C) groups is 1. The van der Waals surface area contributed by atoms with Crippen molar-refractivity contribution in [1.29, 1.82) is 0 Å². The molecule has 0 spiro atoms. The summed E-state index contributed by atoms with van der Waals surface area (Å²) in [5.41, 5.74) is 7.21. The van der Waals surface area contributed by atoms with Crippen molar-refractivity contribution in [3.8, 4) is 11.5 Å². The zero-order chi connectivity index (χ0) is 19.4. The summed E-state index contributed by atoms with van der Waals surface area (Å²) in [7, 11) is 1.53. The van der Waals surface area contributed by atoms with E-state index in [2.05, 4.69) is 32.0 Å². The van der Waals surface area contributed by atoms with E-state index >= 15 is 0 Å². The zero-order valence-corrected chi connectivity index (χ0v) is 15.4. The van der Waals surface area contributed by atoms with E-state index in [9.17, 15) is 0 Å². The third-order valence-electron chi connectivity index (χ3n) is 3.37. The molecule has 0 aliphatic heterocycles. The van der Waals surface area contributed by atoms with E-state index in [-0.39, 0.29) is 12.5 Å². The summed E-state index contributed by atoms with van der Waals surface area (Å²) in [6.45, 7) is 5.40. The molecular formula is C17H17ClN6O3. The highest BCUT2D eigenvalue weighted by Gasteiger charge is 2.12. The molecular weight excluding hydrogens is 372 g/mol. The molecule has 140 valence electrons. The van der Waals surface area contributed by atoms with Crippen LogP contribution in [0.25, 0.3) is 11.2 Å². The summed E-state index contributed by atoms with van der Waals surface area (Å²) in [4.78, 5) is 8.40. The summed E-state index contributed by atoms with van der Waals surface area (Å²) in [6, 6.07) is 6.71. The number of halogens is 1. The Balaban J connectivity index is 1.86. The number of nitrogen functional groups attached to an aromatic ring is 1. The third kappa shape index (κ3) is 4.26. The van der Waals surface area contributed by atoms with Gasteiger partial charge in [0.2, 0.25) is 11.5 Å². The number of nitrogens with zero attached hydrogens (tertiary/aromatic N) is 4. The van der Waals surface area contributed by atoms with Crippen molar-refractivity contribution in [3.05, 3.63) is 47.2 Å². The van der Waals surface area contributed by atoms with E-state index in [4.69, 9.17) is 31.5 Å². The van der Waals surface area contributed by atoms with Gasteiger partial charge in [-0.1, -0.05) is 18.2 Å². The number of allylic oxidation sites excluding steroid dienone is 1. The van der Waals surface area contributed by atoms with Crippen molar-refractivity contribution < 1.29 is 14.2 Å². The first kappa shape index (κ1) is 18.5. The van der Waals surface area contributed by atoms with Crippen molar-refractivity contribution in [3.63, 3.8) is 0 Å². The molecule has 3 rings (SSSR count). The lowest BCUT2D eigenvalue weighted by Crippen LogP contribution is -2.09. The number of H-pyrrole nitrogens is 1. The van der Waals surface area contributed by atoms with Gasteiger partial charge < -0.3 is 19.9 Å². The minimum atomic E-state index is -0.0566. The van der Waals surface area contributed by atoms with Gasteiger partial charge in [0.05, 0.1) is 17.9 Å². The van der Waals surface area contributed by atoms with Gasteiger partial charge in [0.25, 0.3) is 0 Å². The molecule has 2 heterocycles. The molecule has 0 amide bonds. The molecule has 0 fully saturated rings.